The van der Waals surface area contributed by atoms with Crippen molar-refractivity contribution in [1.29, 1.82) is 0 Å². The van der Waals surface area contributed by atoms with E-state index in [0.717, 1.165) is 41.5 Å². The molecule has 0 atom stereocenters. The highest BCUT2D eigenvalue weighted by Gasteiger charge is 2.09. The Bertz CT molecular complexity index is 752. The van der Waals surface area contributed by atoms with Crippen LogP contribution in [0.2, 0.25) is 0 Å². The molecule has 124 valence electrons. The Morgan fingerprint density at radius 2 is 1.96 bits per heavy atom. The average molecular weight is 333 g/mol. The van der Waals surface area contributed by atoms with Gasteiger partial charge in [-0.2, -0.15) is 0 Å². The molecule has 2 rings (SSSR count). The number of amides is 1. The second-order valence-electron chi connectivity index (χ2n) is 5.72. The van der Waals surface area contributed by atoms with Crippen molar-refractivity contribution in [2.45, 2.75) is 39.4 Å². The van der Waals surface area contributed by atoms with E-state index in [9.17, 15) is 9.59 Å². The van der Waals surface area contributed by atoms with Crippen LogP contribution in [0.5, 0.6) is 0 Å². The molecule has 1 heterocycles. The Balaban J connectivity index is 2.06. The van der Waals surface area contributed by atoms with Crippen LogP contribution in [0.15, 0.2) is 27.4 Å². The summed E-state index contributed by atoms with van der Waals surface area (Å²) in [6.45, 7) is 6.86. The SMILES string of the molecule is CCCCNC(=O)CSCc1cc(=O)oc2cc(C)c(C)cc12. The number of hydrogen-bond donors (Lipinski definition) is 1. The van der Waals surface area contributed by atoms with E-state index in [-0.39, 0.29) is 11.5 Å². The van der Waals surface area contributed by atoms with Gasteiger partial charge in [0.15, 0.2) is 0 Å². The molecule has 0 spiro atoms. The smallest absolute Gasteiger partial charge is 0.336 e. The molecule has 0 aliphatic heterocycles. The van der Waals surface area contributed by atoms with Gasteiger partial charge in [-0.3, -0.25) is 4.79 Å². The minimum atomic E-state index is -0.344. The van der Waals surface area contributed by atoms with E-state index in [4.69, 9.17) is 4.42 Å². The van der Waals surface area contributed by atoms with Crippen LogP contribution in [0, 0.1) is 13.8 Å². The van der Waals surface area contributed by atoms with Gasteiger partial charge in [0, 0.05) is 23.8 Å². The topological polar surface area (TPSA) is 59.3 Å². The van der Waals surface area contributed by atoms with Crippen molar-refractivity contribution in [3.05, 3.63) is 45.3 Å². The fraction of sp³-hybridized carbons (Fsp3) is 0.444. The molecule has 2 aromatic rings. The maximum atomic E-state index is 11.7. The monoisotopic (exact) mass is 333 g/mol. The molecule has 5 heteroatoms. The highest BCUT2D eigenvalue weighted by Crippen LogP contribution is 2.24. The molecule has 1 amide bonds. The standard InChI is InChI=1S/C18H23NO3S/c1-4-5-6-19-17(20)11-23-10-14-9-18(21)22-16-8-13(3)12(2)7-15(14)16/h7-9H,4-6,10-11H2,1-3H3,(H,19,20). The predicted octanol–water partition coefficient (Wildman–Crippen LogP) is 3.56. The molecular weight excluding hydrogens is 310 g/mol. The van der Waals surface area contributed by atoms with E-state index in [0.29, 0.717) is 17.1 Å². The van der Waals surface area contributed by atoms with Crippen LogP contribution in [0.25, 0.3) is 11.0 Å². The van der Waals surface area contributed by atoms with Crippen molar-refractivity contribution < 1.29 is 9.21 Å². The molecule has 1 N–H and O–H groups in total. The van der Waals surface area contributed by atoms with Gasteiger partial charge < -0.3 is 9.73 Å². The summed E-state index contributed by atoms with van der Waals surface area (Å²) in [7, 11) is 0. The molecule has 0 aliphatic carbocycles. The maximum Gasteiger partial charge on any atom is 0.336 e. The van der Waals surface area contributed by atoms with Crippen LogP contribution >= 0.6 is 11.8 Å². The second kappa shape index (κ2) is 8.20. The quantitative estimate of drug-likeness (QED) is 0.622. The Morgan fingerprint density at radius 3 is 2.70 bits per heavy atom. The van der Waals surface area contributed by atoms with Gasteiger partial charge in [0.1, 0.15) is 5.58 Å². The zero-order chi connectivity index (χ0) is 16.8. The van der Waals surface area contributed by atoms with Crippen LogP contribution < -0.4 is 10.9 Å². The van der Waals surface area contributed by atoms with Gasteiger partial charge in [-0.1, -0.05) is 13.3 Å². The molecule has 0 radical (unpaired) electrons. The van der Waals surface area contributed by atoms with Gasteiger partial charge in [-0.05, 0) is 49.1 Å². The third-order valence-corrected chi connectivity index (χ3v) is 4.77. The van der Waals surface area contributed by atoms with Crippen LogP contribution in [0.4, 0.5) is 0 Å². The van der Waals surface area contributed by atoms with Crippen molar-refractivity contribution in [3.63, 3.8) is 0 Å². The van der Waals surface area contributed by atoms with E-state index >= 15 is 0 Å². The number of unbranched alkanes of at least 4 members (excludes halogenated alkanes) is 1. The summed E-state index contributed by atoms with van der Waals surface area (Å²) in [5, 5.41) is 3.85. The molecule has 1 aromatic carbocycles. The van der Waals surface area contributed by atoms with E-state index < -0.39 is 0 Å². The highest BCUT2D eigenvalue weighted by atomic mass is 32.2. The predicted molar refractivity (Wildman–Crippen MR) is 96.0 cm³/mol. The Hall–Kier alpha value is -1.75. The van der Waals surface area contributed by atoms with Crippen molar-refractivity contribution in [1.82, 2.24) is 5.32 Å². The normalized spacial score (nSPS) is 10.9. The summed E-state index contributed by atoms with van der Waals surface area (Å²) >= 11 is 1.51. The fourth-order valence-corrected chi connectivity index (χ4v) is 3.16. The fourth-order valence-electron chi connectivity index (χ4n) is 2.31. The third-order valence-electron chi connectivity index (χ3n) is 3.79. The van der Waals surface area contributed by atoms with Gasteiger partial charge in [0.25, 0.3) is 0 Å². The van der Waals surface area contributed by atoms with Gasteiger partial charge in [-0.15, -0.1) is 11.8 Å². The number of aryl methyl sites for hydroxylation is 2. The number of rotatable bonds is 7. The summed E-state index contributed by atoms with van der Waals surface area (Å²) in [6, 6.07) is 5.47. The third kappa shape index (κ3) is 4.86. The Labute approximate surface area is 140 Å². The first-order chi connectivity index (χ1) is 11.0. The summed E-state index contributed by atoms with van der Waals surface area (Å²) in [6.07, 6.45) is 2.07. The van der Waals surface area contributed by atoms with Crippen molar-refractivity contribution >= 4 is 28.6 Å². The maximum absolute atomic E-state index is 11.7. The first kappa shape index (κ1) is 17.6. The van der Waals surface area contributed by atoms with E-state index in [2.05, 4.69) is 12.2 Å². The minimum absolute atomic E-state index is 0.0442. The number of carbonyl (C=O) groups excluding carboxylic acids is 1. The van der Waals surface area contributed by atoms with Gasteiger partial charge in [0.05, 0.1) is 5.75 Å². The van der Waals surface area contributed by atoms with Crippen LogP contribution in [-0.4, -0.2) is 18.2 Å². The number of fused-ring (bicyclic) bond motifs is 1. The second-order valence-corrected chi connectivity index (χ2v) is 6.71. The minimum Gasteiger partial charge on any atom is -0.423 e. The number of carbonyl (C=O) groups is 1. The van der Waals surface area contributed by atoms with E-state index in [1.807, 2.05) is 26.0 Å². The number of hydrogen-bond acceptors (Lipinski definition) is 4. The lowest BCUT2D eigenvalue weighted by molar-refractivity contribution is -0.118. The molecule has 23 heavy (non-hydrogen) atoms. The van der Waals surface area contributed by atoms with Crippen LogP contribution in [0.3, 0.4) is 0 Å². The van der Waals surface area contributed by atoms with Crippen molar-refractivity contribution in [3.8, 4) is 0 Å². The molecule has 0 saturated heterocycles. The van der Waals surface area contributed by atoms with Gasteiger partial charge in [0.2, 0.25) is 5.91 Å². The first-order valence-corrected chi connectivity index (χ1v) is 9.05. The number of nitrogens with one attached hydrogen (secondary N) is 1. The molecule has 0 unspecified atom stereocenters. The zero-order valence-electron chi connectivity index (χ0n) is 13.9. The molecule has 0 saturated carbocycles. The van der Waals surface area contributed by atoms with Crippen molar-refractivity contribution in [2.75, 3.05) is 12.3 Å². The van der Waals surface area contributed by atoms with E-state index in [1.165, 1.54) is 17.8 Å². The van der Waals surface area contributed by atoms with E-state index in [1.54, 1.807) is 0 Å². The molecule has 0 bridgehead atoms. The highest BCUT2D eigenvalue weighted by molar-refractivity contribution is 7.99. The van der Waals surface area contributed by atoms with Crippen LogP contribution in [0.1, 0.15) is 36.5 Å². The van der Waals surface area contributed by atoms with Crippen molar-refractivity contribution in [2.24, 2.45) is 0 Å². The summed E-state index contributed by atoms with van der Waals surface area (Å²) < 4.78 is 5.29. The summed E-state index contributed by atoms with van der Waals surface area (Å²) in [5.74, 6) is 1.06. The number of benzene rings is 1. The largest absolute Gasteiger partial charge is 0.423 e. The summed E-state index contributed by atoms with van der Waals surface area (Å²) in [5.41, 5.74) is 3.45. The molecule has 0 aliphatic rings. The Kier molecular flexibility index (Phi) is 6.28. The number of thioether (sulfide) groups is 1. The molecule has 0 fully saturated rings. The lowest BCUT2D eigenvalue weighted by Gasteiger charge is -2.08. The van der Waals surface area contributed by atoms with Gasteiger partial charge in [-0.25, -0.2) is 4.79 Å². The summed E-state index contributed by atoms with van der Waals surface area (Å²) in [4.78, 5) is 23.4. The average Bonchev–Trinajstić information content (AvgIpc) is 2.49. The lowest BCUT2D eigenvalue weighted by Crippen LogP contribution is -2.26. The Morgan fingerprint density at radius 1 is 1.22 bits per heavy atom. The zero-order valence-corrected chi connectivity index (χ0v) is 14.7. The lowest BCUT2D eigenvalue weighted by atomic mass is 10.0. The molecule has 1 aromatic heterocycles. The molecule has 4 nitrogen and oxygen atoms in total. The first-order valence-electron chi connectivity index (χ1n) is 7.89. The van der Waals surface area contributed by atoms with Crippen LogP contribution in [-0.2, 0) is 10.5 Å². The molecular formula is C18H23NO3S. The van der Waals surface area contributed by atoms with Gasteiger partial charge >= 0.3 is 5.63 Å².